The van der Waals surface area contributed by atoms with Crippen LogP contribution in [0.4, 0.5) is 0 Å². The highest BCUT2D eigenvalue weighted by Crippen LogP contribution is 2.26. The number of nitrogens with one attached hydrogen (secondary N) is 1. The molecule has 0 radical (unpaired) electrons. The number of carbonyl (C=O) groups excluding carboxylic acids is 1. The van der Waals surface area contributed by atoms with Gasteiger partial charge in [-0.25, -0.2) is 16.8 Å². The molecule has 1 aliphatic rings. The Hall–Kier alpha value is -2.23. The molecule has 3 rings (SSSR count). The number of hydrogen-bond donors (Lipinski definition) is 1. The van der Waals surface area contributed by atoms with Gasteiger partial charge in [0.2, 0.25) is 15.9 Å². The fraction of sp³-hybridized carbons (Fsp3) is 0.381. The Labute approximate surface area is 178 Å². The number of sulfonamides is 1. The highest BCUT2D eigenvalue weighted by Gasteiger charge is 2.39. The first-order valence-corrected chi connectivity index (χ1v) is 12.9. The van der Waals surface area contributed by atoms with Crippen molar-refractivity contribution >= 4 is 25.8 Å². The Morgan fingerprint density at radius 1 is 1.00 bits per heavy atom. The standard InChI is InChI=1S/C21H26N2O5S2/c1-17-10-12-19(13-11-17)30(27,28)23-15-5-9-20(23)21(24)22-14-6-16-29(25,26)18-7-3-2-4-8-18/h2-4,7-8,10-13,20H,5-6,9,14-16H2,1H3,(H,22,24)/t20-/m0/s1. The zero-order chi connectivity index (χ0) is 21.8. The van der Waals surface area contributed by atoms with Crippen molar-refractivity contribution in [2.24, 2.45) is 0 Å². The topological polar surface area (TPSA) is 101 Å². The molecule has 30 heavy (non-hydrogen) atoms. The summed E-state index contributed by atoms with van der Waals surface area (Å²) in [7, 11) is -7.17. The van der Waals surface area contributed by atoms with Crippen molar-refractivity contribution < 1.29 is 21.6 Å². The van der Waals surface area contributed by atoms with Gasteiger partial charge >= 0.3 is 0 Å². The molecule has 1 amide bonds. The first-order chi connectivity index (χ1) is 14.2. The zero-order valence-corrected chi connectivity index (χ0v) is 18.5. The van der Waals surface area contributed by atoms with E-state index in [0.717, 1.165) is 5.56 Å². The molecule has 1 aliphatic heterocycles. The number of hydrogen-bond acceptors (Lipinski definition) is 5. The average molecular weight is 451 g/mol. The van der Waals surface area contributed by atoms with E-state index in [4.69, 9.17) is 0 Å². The third kappa shape index (κ3) is 5.08. The number of amides is 1. The molecule has 0 aromatic heterocycles. The SMILES string of the molecule is Cc1ccc(S(=O)(=O)N2CCC[C@H]2C(=O)NCCCS(=O)(=O)c2ccccc2)cc1. The van der Waals surface area contributed by atoms with Crippen LogP contribution in [0.3, 0.4) is 0 Å². The van der Waals surface area contributed by atoms with Gasteiger partial charge in [-0.05, 0) is 50.5 Å². The van der Waals surface area contributed by atoms with E-state index in [2.05, 4.69) is 5.32 Å². The molecule has 9 heteroatoms. The molecule has 0 spiro atoms. The van der Waals surface area contributed by atoms with E-state index < -0.39 is 25.9 Å². The second-order valence-electron chi connectivity index (χ2n) is 7.36. The Morgan fingerprint density at radius 2 is 1.67 bits per heavy atom. The van der Waals surface area contributed by atoms with Crippen molar-refractivity contribution in [1.82, 2.24) is 9.62 Å². The van der Waals surface area contributed by atoms with E-state index in [1.165, 1.54) is 4.31 Å². The zero-order valence-electron chi connectivity index (χ0n) is 16.8. The van der Waals surface area contributed by atoms with Crippen LogP contribution >= 0.6 is 0 Å². The Balaban J connectivity index is 1.58. The van der Waals surface area contributed by atoms with Crippen molar-refractivity contribution in [3.63, 3.8) is 0 Å². The van der Waals surface area contributed by atoms with E-state index in [-0.39, 0.29) is 41.0 Å². The summed E-state index contributed by atoms with van der Waals surface area (Å²) >= 11 is 0. The molecule has 0 saturated carbocycles. The number of rotatable bonds is 8. The summed E-state index contributed by atoms with van der Waals surface area (Å²) in [4.78, 5) is 13.0. The second-order valence-corrected chi connectivity index (χ2v) is 11.4. The summed E-state index contributed by atoms with van der Waals surface area (Å²) in [5.74, 6) is -0.479. The van der Waals surface area contributed by atoms with Gasteiger partial charge in [0.05, 0.1) is 15.5 Å². The Kier molecular flexibility index (Phi) is 6.95. The maximum atomic E-state index is 12.9. The fourth-order valence-electron chi connectivity index (χ4n) is 3.47. The van der Waals surface area contributed by atoms with Crippen LogP contribution in [-0.4, -0.2) is 51.9 Å². The number of nitrogens with zero attached hydrogens (tertiary/aromatic N) is 1. The van der Waals surface area contributed by atoms with Gasteiger partial charge in [-0.1, -0.05) is 35.9 Å². The molecule has 0 aliphatic carbocycles. The number of carbonyl (C=O) groups is 1. The third-order valence-corrected chi connectivity index (χ3v) is 8.86. The molecule has 0 unspecified atom stereocenters. The van der Waals surface area contributed by atoms with Crippen molar-refractivity contribution in [3.05, 3.63) is 60.2 Å². The molecule has 1 heterocycles. The first-order valence-electron chi connectivity index (χ1n) is 9.86. The molecule has 2 aromatic carbocycles. The Morgan fingerprint density at radius 3 is 2.33 bits per heavy atom. The van der Waals surface area contributed by atoms with Gasteiger partial charge in [-0.15, -0.1) is 0 Å². The quantitative estimate of drug-likeness (QED) is 0.621. The maximum absolute atomic E-state index is 12.9. The van der Waals surface area contributed by atoms with Crippen LogP contribution in [0.25, 0.3) is 0 Å². The van der Waals surface area contributed by atoms with Gasteiger partial charge in [0, 0.05) is 13.1 Å². The minimum atomic E-state index is -3.76. The third-order valence-electron chi connectivity index (χ3n) is 5.13. The molecule has 1 fully saturated rings. The van der Waals surface area contributed by atoms with Crippen molar-refractivity contribution in [2.45, 2.75) is 42.0 Å². The summed E-state index contributed by atoms with van der Waals surface area (Å²) in [5, 5.41) is 2.70. The smallest absolute Gasteiger partial charge is 0.243 e. The van der Waals surface area contributed by atoms with Crippen molar-refractivity contribution in [3.8, 4) is 0 Å². The van der Waals surface area contributed by atoms with E-state index in [1.54, 1.807) is 54.6 Å². The van der Waals surface area contributed by atoms with Crippen LogP contribution in [0.2, 0.25) is 0 Å². The lowest BCUT2D eigenvalue weighted by Crippen LogP contribution is -2.46. The van der Waals surface area contributed by atoms with Crippen molar-refractivity contribution in [2.75, 3.05) is 18.8 Å². The number of sulfone groups is 1. The van der Waals surface area contributed by atoms with Crippen LogP contribution < -0.4 is 5.32 Å². The number of aryl methyl sites for hydroxylation is 1. The predicted octanol–water partition coefficient (Wildman–Crippen LogP) is 2.13. The van der Waals surface area contributed by atoms with E-state index in [0.29, 0.717) is 12.8 Å². The molecule has 1 N–H and O–H groups in total. The van der Waals surface area contributed by atoms with Gasteiger partial charge in [-0.2, -0.15) is 4.31 Å². The highest BCUT2D eigenvalue weighted by atomic mass is 32.2. The van der Waals surface area contributed by atoms with Crippen LogP contribution in [-0.2, 0) is 24.7 Å². The van der Waals surface area contributed by atoms with Crippen LogP contribution in [0.5, 0.6) is 0 Å². The first kappa shape index (κ1) is 22.5. The minimum absolute atomic E-state index is 0.0899. The molecule has 7 nitrogen and oxygen atoms in total. The lowest BCUT2D eigenvalue weighted by Gasteiger charge is -2.23. The second kappa shape index (κ2) is 9.28. The lowest BCUT2D eigenvalue weighted by molar-refractivity contribution is -0.124. The summed E-state index contributed by atoms with van der Waals surface area (Å²) in [6, 6.07) is 13.9. The van der Waals surface area contributed by atoms with Crippen LogP contribution in [0.15, 0.2) is 64.4 Å². The summed E-state index contributed by atoms with van der Waals surface area (Å²) in [6.07, 6.45) is 1.30. The number of benzene rings is 2. The Bertz CT molecular complexity index is 1080. The molecular formula is C21H26N2O5S2. The molecule has 0 bridgehead atoms. The highest BCUT2D eigenvalue weighted by molar-refractivity contribution is 7.91. The van der Waals surface area contributed by atoms with Gasteiger partial charge in [0.1, 0.15) is 6.04 Å². The largest absolute Gasteiger partial charge is 0.355 e. The predicted molar refractivity (Wildman–Crippen MR) is 114 cm³/mol. The monoisotopic (exact) mass is 450 g/mol. The molecule has 2 aromatic rings. The normalized spacial score (nSPS) is 17.7. The summed E-state index contributed by atoms with van der Waals surface area (Å²) in [5.41, 5.74) is 0.954. The summed E-state index contributed by atoms with van der Waals surface area (Å²) in [6.45, 7) is 2.33. The molecule has 1 atom stereocenters. The van der Waals surface area contributed by atoms with Gasteiger partial charge in [0.15, 0.2) is 9.84 Å². The fourth-order valence-corrected chi connectivity index (χ4v) is 6.46. The van der Waals surface area contributed by atoms with Crippen LogP contribution in [0, 0.1) is 6.92 Å². The van der Waals surface area contributed by atoms with E-state index in [1.807, 2.05) is 6.92 Å². The minimum Gasteiger partial charge on any atom is -0.355 e. The van der Waals surface area contributed by atoms with Gasteiger partial charge in [-0.3, -0.25) is 4.79 Å². The van der Waals surface area contributed by atoms with Crippen LogP contribution in [0.1, 0.15) is 24.8 Å². The lowest BCUT2D eigenvalue weighted by atomic mass is 10.2. The van der Waals surface area contributed by atoms with Gasteiger partial charge in [0.25, 0.3) is 0 Å². The average Bonchev–Trinajstić information content (AvgIpc) is 3.23. The van der Waals surface area contributed by atoms with Crippen molar-refractivity contribution in [1.29, 1.82) is 0 Å². The molecule has 162 valence electrons. The maximum Gasteiger partial charge on any atom is 0.243 e. The summed E-state index contributed by atoms with van der Waals surface area (Å²) < 4.78 is 51.7. The van der Waals surface area contributed by atoms with Gasteiger partial charge < -0.3 is 5.32 Å². The molecule has 1 saturated heterocycles. The van der Waals surface area contributed by atoms with E-state index in [9.17, 15) is 21.6 Å². The van der Waals surface area contributed by atoms with E-state index >= 15 is 0 Å². The molecular weight excluding hydrogens is 424 g/mol.